The third-order valence-electron chi connectivity index (χ3n) is 4.21. The smallest absolute Gasteiger partial charge is 0.328 e. The number of benzene rings is 2. The third kappa shape index (κ3) is 4.30. The average Bonchev–Trinajstić information content (AvgIpc) is 3.05. The van der Waals surface area contributed by atoms with Crippen molar-refractivity contribution in [2.75, 3.05) is 6.61 Å². The van der Waals surface area contributed by atoms with Gasteiger partial charge in [0, 0.05) is 23.5 Å². The van der Waals surface area contributed by atoms with E-state index in [4.69, 9.17) is 4.74 Å². The standard InChI is InChI=1S/C21H22N2O3/c1-2-26-21(25)19(23-20(24)12-15-8-4-3-5-9-15)13-16-14-22-18-11-7-6-10-17(16)18/h3-11,14,19,22H,2,12-13H2,1H3,(H,23,24). The third-order valence-corrected chi connectivity index (χ3v) is 4.21. The number of H-pyrrole nitrogens is 1. The predicted molar refractivity (Wildman–Crippen MR) is 101 cm³/mol. The molecule has 0 saturated carbocycles. The van der Waals surface area contributed by atoms with Gasteiger partial charge in [0.2, 0.25) is 5.91 Å². The minimum absolute atomic E-state index is 0.200. The minimum atomic E-state index is -0.717. The molecule has 5 heteroatoms. The van der Waals surface area contributed by atoms with Crippen LogP contribution in [0.3, 0.4) is 0 Å². The molecule has 5 nitrogen and oxygen atoms in total. The van der Waals surface area contributed by atoms with Gasteiger partial charge in [0.15, 0.2) is 0 Å². The number of hydrogen-bond acceptors (Lipinski definition) is 3. The van der Waals surface area contributed by atoms with Crippen molar-refractivity contribution < 1.29 is 14.3 Å². The Morgan fingerprint density at radius 3 is 2.58 bits per heavy atom. The van der Waals surface area contributed by atoms with Crippen LogP contribution in [0.4, 0.5) is 0 Å². The van der Waals surface area contributed by atoms with E-state index in [2.05, 4.69) is 10.3 Å². The number of aromatic nitrogens is 1. The van der Waals surface area contributed by atoms with Crippen LogP contribution in [0.25, 0.3) is 10.9 Å². The second-order valence-corrected chi connectivity index (χ2v) is 6.10. The zero-order valence-electron chi connectivity index (χ0n) is 14.7. The van der Waals surface area contributed by atoms with Gasteiger partial charge in [-0.2, -0.15) is 0 Å². The predicted octanol–water partition coefficient (Wildman–Crippen LogP) is 3.00. The van der Waals surface area contributed by atoms with Gasteiger partial charge in [0.05, 0.1) is 13.0 Å². The highest BCUT2D eigenvalue weighted by Gasteiger charge is 2.23. The molecule has 3 aromatic rings. The van der Waals surface area contributed by atoms with Gasteiger partial charge >= 0.3 is 5.97 Å². The molecule has 26 heavy (non-hydrogen) atoms. The number of rotatable bonds is 7. The van der Waals surface area contributed by atoms with E-state index in [-0.39, 0.29) is 18.9 Å². The number of esters is 1. The number of carbonyl (C=O) groups excluding carboxylic acids is 2. The van der Waals surface area contributed by atoms with Gasteiger partial charge in [0.1, 0.15) is 6.04 Å². The lowest BCUT2D eigenvalue weighted by Crippen LogP contribution is -2.44. The lowest BCUT2D eigenvalue weighted by Gasteiger charge is -2.17. The van der Waals surface area contributed by atoms with Crippen molar-refractivity contribution in [3.05, 3.63) is 71.9 Å². The number of hydrogen-bond donors (Lipinski definition) is 2. The maximum atomic E-state index is 12.4. The van der Waals surface area contributed by atoms with E-state index in [1.54, 1.807) is 6.92 Å². The highest BCUT2D eigenvalue weighted by Crippen LogP contribution is 2.19. The van der Waals surface area contributed by atoms with Crippen LogP contribution in [0.15, 0.2) is 60.8 Å². The van der Waals surface area contributed by atoms with Gasteiger partial charge < -0.3 is 15.0 Å². The first kappa shape index (κ1) is 17.7. The highest BCUT2D eigenvalue weighted by atomic mass is 16.5. The van der Waals surface area contributed by atoms with Gasteiger partial charge in [-0.25, -0.2) is 4.79 Å². The summed E-state index contributed by atoms with van der Waals surface area (Å²) in [4.78, 5) is 27.9. The Bertz CT molecular complexity index is 886. The van der Waals surface area contributed by atoms with Crippen LogP contribution in [0.5, 0.6) is 0 Å². The summed E-state index contributed by atoms with van der Waals surface area (Å²) in [5, 5.41) is 3.87. The summed E-state index contributed by atoms with van der Waals surface area (Å²) in [7, 11) is 0. The number of ether oxygens (including phenoxy) is 1. The fourth-order valence-electron chi connectivity index (χ4n) is 2.98. The summed E-state index contributed by atoms with van der Waals surface area (Å²) in [6, 6.07) is 16.6. The van der Waals surface area contributed by atoms with Gasteiger partial charge in [-0.15, -0.1) is 0 Å². The van der Waals surface area contributed by atoms with Crippen LogP contribution in [-0.4, -0.2) is 29.5 Å². The molecule has 1 heterocycles. The second-order valence-electron chi connectivity index (χ2n) is 6.10. The lowest BCUT2D eigenvalue weighted by molar-refractivity contribution is -0.147. The largest absolute Gasteiger partial charge is 0.464 e. The number of nitrogens with one attached hydrogen (secondary N) is 2. The molecule has 3 rings (SSSR count). The number of para-hydroxylation sites is 1. The topological polar surface area (TPSA) is 71.2 Å². The molecular weight excluding hydrogens is 328 g/mol. The van der Waals surface area contributed by atoms with E-state index in [1.165, 1.54) is 0 Å². The highest BCUT2D eigenvalue weighted by molar-refractivity contribution is 5.88. The molecule has 0 aliphatic rings. The van der Waals surface area contributed by atoms with Crippen LogP contribution < -0.4 is 5.32 Å². The fourth-order valence-corrected chi connectivity index (χ4v) is 2.98. The number of aromatic amines is 1. The number of fused-ring (bicyclic) bond motifs is 1. The first-order valence-electron chi connectivity index (χ1n) is 8.72. The van der Waals surface area contributed by atoms with E-state index in [0.29, 0.717) is 6.42 Å². The zero-order valence-corrected chi connectivity index (χ0v) is 14.7. The molecule has 0 aliphatic heterocycles. The average molecular weight is 350 g/mol. The van der Waals surface area contributed by atoms with Gasteiger partial charge in [-0.1, -0.05) is 48.5 Å². The summed E-state index contributed by atoms with van der Waals surface area (Å²) < 4.78 is 5.15. The Morgan fingerprint density at radius 1 is 1.08 bits per heavy atom. The van der Waals surface area contributed by atoms with Crippen molar-refractivity contribution in [3.8, 4) is 0 Å². The first-order valence-corrected chi connectivity index (χ1v) is 8.72. The molecule has 1 amide bonds. The molecular formula is C21H22N2O3. The number of carbonyl (C=O) groups is 2. The normalized spacial score (nSPS) is 11.9. The van der Waals surface area contributed by atoms with Gasteiger partial charge in [-0.05, 0) is 24.1 Å². The molecule has 0 fully saturated rings. The Morgan fingerprint density at radius 2 is 1.81 bits per heavy atom. The maximum Gasteiger partial charge on any atom is 0.328 e. The molecule has 0 radical (unpaired) electrons. The minimum Gasteiger partial charge on any atom is -0.464 e. The van der Waals surface area contributed by atoms with Gasteiger partial charge in [0.25, 0.3) is 0 Å². The summed E-state index contributed by atoms with van der Waals surface area (Å²) in [6.07, 6.45) is 2.48. The molecule has 134 valence electrons. The van der Waals surface area contributed by atoms with E-state index < -0.39 is 12.0 Å². The maximum absolute atomic E-state index is 12.4. The van der Waals surface area contributed by atoms with Crippen molar-refractivity contribution in [2.24, 2.45) is 0 Å². The molecule has 1 aromatic heterocycles. The van der Waals surface area contributed by atoms with Gasteiger partial charge in [-0.3, -0.25) is 4.79 Å². The summed E-state index contributed by atoms with van der Waals surface area (Å²) in [5.41, 5.74) is 2.87. The quantitative estimate of drug-likeness (QED) is 0.644. The van der Waals surface area contributed by atoms with Crippen molar-refractivity contribution in [1.82, 2.24) is 10.3 Å². The summed E-state index contributed by atoms with van der Waals surface area (Å²) >= 11 is 0. The van der Waals surface area contributed by atoms with Crippen LogP contribution in [-0.2, 0) is 27.2 Å². The molecule has 0 spiro atoms. The van der Waals surface area contributed by atoms with Crippen LogP contribution in [0.2, 0.25) is 0 Å². The molecule has 1 unspecified atom stereocenters. The van der Waals surface area contributed by atoms with Crippen LogP contribution in [0.1, 0.15) is 18.1 Å². The molecule has 0 aliphatic carbocycles. The lowest BCUT2D eigenvalue weighted by atomic mass is 10.0. The van der Waals surface area contributed by atoms with Crippen molar-refractivity contribution >= 4 is 22.8 Å². The Balaban J connectivity index is 1.74. The van der Waals surface area contributed by atoms with Crippen LogP contribution in [0, 0.1) is 0 Å². The first-order chi connectivity index (χ1) is 12.7. The van der Waals surface area contributed by atoms with Crippen molar-refractivity contribution in [2.45, 2.75) is 25.8 Å². The molecule has 0 bridgehead atoms. The fraction of sp³-hybridized carbons (Fsp3) is 0.238. The Hall–Kier alpha value is -3.08. The van der Waals surface area contributed by atoms with E-state index in [1.807, 2.05) is 60.8 Å². The number of amides is 1. The van der Waals surface area contributed by atoms with E-state index >= 15 is 0 Å². The Labute approximate surface area is 152 Å². The molecule has 2 aromatic carbocycles. The second kappa shape index (κ2) is 8.34. The van der Waals surface area contributed by atoms with Crippen molar-refractivity contribution in [1.29, 1.82) is 0 Å². The SMILES string of the molecule is CCOC(=O)C(Cc1c[nH]c2ccccc12)NC(=O)Cc1ccccc1. The zero-order chi connectivity index (χ0) is 18.4. The van der Waals surface area contributed by atoms with Crippen LogP contribution >= 0.6 is 0 Å². The molecule has 0 saturated heterocycles. The summed E-state index contributed by atoms with van der Waals surface area (Å²) in [5.74, 6) is -0.617. The van der Waals surface area contributed by atoms with E-state index in [9.17, 15) is 9.59 Å². The molecule has 2 N–H and O–H groups in total. The monoisotopic (exact) mass is 350 g/mol. The summed E-state index contributed by atoms with van der Waals surface area (Å²) in [6.45, 7) is 2.03. The molecule has 1 atom stereocenters. The Kier molecular flexibility index (Phi) is 5.69. The van der Waals surface area contributed by atoms with E-state index in [0.717, 1.165) is 22.0 Å². The van der Waals surface area contributed by atoms with Crippen molar-refractivity contribution in [3.63, 3.8) is 0 Å².